The van der Waals surface area contributed by atoms with Gasteiger partial charge in [-0.1, -0.05) is 30.2 Å². The molecule has 0 spiro atoms. The van der Waals surface area contributed by atoms with Gasteiger partial charge in [0.15, 0.2) is 0 Å². The fourth-order valence-corrected chi connectivity index (χ4v) is 5.72. The highest BCUT2D eigenvalue weighted by atomic mass is 35.5. The lowest BCUT2D eigenvalue weighted by molar-refractivity contribution is 0.0949. The summed E-state index contributed by atoms with van der Waals surface area (Å²) in [5, 5.41) is 2.94. The highest BCUT2D eigenvalue weighted by molar-refractivity contribution is 7.89. The molecule has 0 radical (unpaired) electrons. The van der Waals surface area contributed by atoms with E-state index in [1.54, 1.807) is 0 Å². The Bertz CT molecular complexity index is 1200. The second-order valence-corrected chi connectivity index (χ2v) is 9.68. The molecule has 2 heterocycles. The molecular weight excluding hydrogens is 424 g/mol. The molecular formula is C21H23ClN4O3S. The van der Waals surface area contributed by atoms with Crippen LogP contribution >= 0.6 is 11.6 Å². The van der Waals surface area contributed by atoms with E-state index in [1.165, 1.54) is 22.5 Å². The molecule has 1 amide bonds. The fraction of sp³-hybridized carbons (Fsp3) is 0.333. The molecule has 7 nitrogen and oxygen atoms in total. The zero-order valence-corrected chi connectivity index (χ0v) is 18.2. The van der Waals surface area contributed by atoms with Crippen LogP contribution in [0, 0.1) is 0 Å². The molecule has 0 unspecified atom stereocenters. The molecule has 30 heavy (non-hydrogen) atoms. The maximum atomic E-state index is 13.0. The third-order valence-electron chi connectivity index (χ3n) is 5.41. The van der Waals surface area contributed by atoms with E-state index >= 15 is 0 Å². The van der Waals surface area contributed by atoms with Gasteiger partial charge in [-0.2, -0.15) is 4.31 Å². The molecule has 0 saturated carbocycles. The number of imidazole rings is 1. The predicted octanol–water partition coefficient (Wildman–Crippen LogP) is 3.33. The maximum absolute atomic E-state index is 13.0. The number of nitrogens with one attached hydrogen (secondary N) is 1. The molecule has 0 aliphatic carbocycles. The van der Waals surface area contributed by atoms with Crippen LogP contribution in [0.5, 0.6) is 0 Å². The highest BCUT2D eigenvalue weighted by Crippen LogP contribution is 2.28. The average molecular weight is 447 g/mol. The van der Waals surface area contributed by atoms with Gasteiger partial charge in [0.25, 0.3) is 5.91 Å². The highest BCUT2D eigenvalue weighted by Gasteiger charge is 2.28. The van der Waals surface area contributed by atoms with Gasteiger partial charge in [0.1, 0.15) is 10.7 Å². The average Bonchev–Trinajstić information content (AvgIpc) is 3.08. The van der Waals surface area contributed by atoms with Crippen LogP contribution in [-0.4, -0.2) is 41.3 Å². The number of hydrogen-bond acceptors (Lipinski definition) is 4. The van der Waals surface area contributed by atoms with Crippen LogP contribution in [-0.2, 0) is 23.6 Å². The van der Waals surface area contributed by atoms with Crippen molar-refractivity contribution in [1.29, 1.82) is 0 Å². The Morgan fingerprint density at radius 1 is 1.13 bits per heavy atom. The van der Waals surface area contributed by atoms with Crippen molar-refractivity contribution in [2.75, 3.05) is 13.1 Å². The molecule has 1 N–H and O–H groups in total. The molecule has 158 valence electrons. The molecule has 9 heteroatoms. The summed E-state index contributed by atoms with van der Waals surface area (Å²) in [6, 6.07) is 12.1. The van der Waals surface area contributed by atoms with E-state index in [9.17, 15) is 13.2 Å². The molecule has 1 aromatic heterocycles. The van der Waals surface area contributed by atoms with Gasteiger partial charge in [-0.05, 0) is 43.2 Å². The van der Waals surface area contributed by atoms with Crippen molar-refractivity contribution < 1.29 is 13.2 Å². The van der Waals surface area contributed by atoms with Crippen molar-refractivity contribution in [2.24, 2.45) is 7.05 Å². The number of benzene rings is 2. The number of rotatable bonds is 5. The second kappa shape index (κ2) is 8.37. The van der Waals surface area contributed by atoms with Crippen molar-refractivity contribution in [2.45, 2.75) is 30.7 Å². The number of hydrogen-bond donors (Lipinski definition) is 1. The number of fused-ring (bicyclic) bond motifs is 1. The lowest BCUT2D eigenvalue weighted by Crippen LogP contribution is -2.36. The Hall–Kier alpha value is -2.42. The number of sulfonamides is 1. The Morgan fingerprint density at radius 3 is 2.60 bits per heavy atom. The minimum absolute atomic E-state index is 0.0264. The van der Waals surface area contributed by atoms with Gasteiger partial charge in [-0.3, -0.25) is 4.79 Å². The Labute approximate surface area is 180 Å². The first kappa shape index (κ1) is 20.8. The Kier molecular flexibility index (Phi) is 5.81. The number of aromatic nitrogens is 2. The molecule has 3 aromatic rings. The SMILES string of the molecule is Cn1c(CNC(=O)c2ccc(Cl)c(S(=O)(=O)N3CCCCC3)c2)nc2ccccc21. The van der Waals surface area contributed by atoms with Gasteiger partial charge in [-0.25, -0.2) is 13.4 Å². The smallest absolute Gasteiger partial charge is 0.251 e. The summed E-state index contributed by atoms with van der Waals surface area (Å²) < 4.78 is 29.4. The Morgan fingerprint density at radius 2 is 1.87 bits per heavy atom. The monoisotopic (exact) mass is 446 g/mol. The van der Waals surface area contributed by atoms with Crippen LogP contribution in [0.2, 0.25) is 5.02 Å². The summed E-state index contributed by atoms with van der Waals surface area (Å²) in [5.41, 5.74) is 2.07. The quantitative estimate of drug-likeness (QED) is 0.651. The zero-order chi connectivity index (χ0) is 21.3. The number of piperidine rings is 1. The van der Waals surface area contributed by atoms with Crippen molar-refractivity contribution in [3.05, 3.63) is 58.9 Å². The predicted molar refractivity (Wildman–Crippen MR) is 116 cm³/mol. The number of carbonyl (C=O) groups excluding carboxylic acids is 1. The van der Waals surface area contributed by atoms with E-state index in [1.807, 2.05) is 35.9 Å². The Balaban J connectivity index is 1.54. The fourth-order valence-electron chi connectivity index (χ4n) is 3.70. The van der Waals surface area contributed by atoms with Crippen LogP contribution in [0.3, 0.4) is 0 Å². The topological polar surface area (TPSA) is 84.3 Å². The van der Waals surface area contributed by atoms with Crippen LogP contribution in [0.4, 0.5) is 0 Å². The molecule has 1 aliphatic rings. The van der Waals surface area contributed by atoms with Gasteiger partial charge in [-0.15, -0.1) is 0 Å². The molecule has 1 fully saturated rings. The van der Waals surface area contributed by atoms with Crippen LogP contribution in [0.25, 0.3) is 11.0 Å². The standard InChI is InChI=1S/C21H23ClN4O3S/c1-25-18-8-4-3-7-17(18)24-20(25)14-23-21(27)15-9-10-16(22)19(13-15)30(28,29)26-11-5-2-6-12-26/h3-4,7-10,13H,2,5-6,11-12,14H2,1H3,(H,23,27). The normalized spacial score (nSPS) is 15.4. The van der Waals surface area contributed by atoms with Gasteiger partial charge in [0, 0.05) is 25.7 Å². The molecule has 1 aliphatic heterocycles. The summed E-state index contributed by atoms with van der Waals surface area (Å²) in [4.78, 5) is 17.2. The van der Waals surface area contributed by atoms with Gasteiger partial charge >= 0.3 is 0 Å². The number of amides is 1. The molecule has 2 aromatic carbocycles. The van der Waals surface area contributed by atoms with E-state index in [0.717, 1.165) is 30.3 Å². The van der Waals surface area contributed by atoms with Crippen LogP contribution in [0.1, 0.15) is 35.4 Å². The van der Waals surface area contributed by atoms with Crippen molar-refractivity contribution in [3.63, 3.8) is 0 Å². The summed E-state index contributed by atoms with van der Waals surface area (Å²) >= 11 is 6.19. The van der Waals surface area contributed by atoms with Crippen molar-refractivity contribution >= 4 is 38.6 Å². The third kappa shape index (κ3) is 3.95. The van der Waals surface area contributed by atoms with E-state index in [2.05, 4.69) is 10.3 Å². The first-order valence-electron chi connectivity index (χ1n) is 9.86. The van der Waals surface area contributed by atoms with Crippen LogP contribution < -0.4 is 5.32 Å². The summed E-state index contributed by atoms with van der Waals surface area (Å²) in [6.45, 7) is 1.17. The lowest BCUT2D eigenvalue weighted by Gasteiger charge is -2.26. The van der Waals surface area contributed by atoms with Gasteiger partial charge in [0.2, 0.25) is 10.0 Å². The van der Waals surface area contributed by atoms with Crippen LogP contribution in [0.15, 0.2) is 47.4 Å². The minimum atomic E-state index is -3.73. The maximum Gasteiger partial charge on any atom is 0.251 e. The summed E-state index contributed by atoms with van der Waals surface area (Å²) in [5.74, 6) is 0.327. The zero-order valence-electron chi connectivity index (χ0n) is 16.6. The first-order valence-corrected chi connectivity index (χ1v) is 11.7. The number of aryl methyl sites for hydroxylation is 1. The largest absolute Gasteiger partial charge is 0.345 e. The lowest BCUT2D eigenvalue weighted by atomic mass is 10.2. The van der Waals surface area contributed by atoms with E-state index in [0.29, 0.717) is 18.9 Å². The van der Waals surface area contributed by atoms with Crippen molar-refractivity contribution in [1.82, 2.24) is 19.2 Å². The number of nitrogens with zero attached hydrogens (tertiary/aromatic N) is 3. The third-order valence-corrected chi connectivity index (χ3v) is 7.79. The number of carbonyl (C=O) groups is 1. The summed E-state index contributed by atoms with van der Waals surface area (Å²) in [6.07, 6.45) is 2.68. The number of para-hydroxylation sites is 2. The number of halogens is 1. The first-order chi connectivity index (χ1) is 14.4. The molecule has 0 atom stereocenters. The molecule has 1 saturated heterocycles. The van der Waals surface area contributed by atoms with E-state index in [4.69, 9.17) is 11.6 Å². The van der Waals surface area contributed by atoms with E-state index < -0.39 is 10.0 Å². The summed E-state index contributed by atoms with van der Waals surface area (Å²) in [7, 11) is -1.84. The minimum Gasteiger partial charge on any atom is -0.345 e. The molecule has 4 rings (SSSR count). The van der Waals surface area contributed by atoms with Gasteiger partial charge < -0.3 is 9.88 Å². The second-order valence-electron chi connectivity index (χ2n) is 7.37. The molecule has 0 bridgehead atoms. The van der Waals surface area contributed by atoms with Crippen molar-refractivity contribution in [3.8, 4) is 0 Å². The van der Waals surface area contributed by atoms with Gasteiger partial charge in [0.05, 0.1) is 22.6 Å². The van der Waals surface area contributed by atoms with E-state index in [-0.39, 0.29) is 27.9 Å².